The lowest BCUT2D eigenvalue weighted by Crippen LogP contribution is -2.34. The molecule has 3 unspecified atom stereocenters. The molecule has 2 rings (SSSR count). The molecule has 1 fully saturated rings. The predicted octanol–water partition coefficient (Wildman–Crippen LogP) is 3.41. The lowest BCUT2D eigenvalue weighted by atomic mass is 9.92. The fraction of sp³-hybridized carbons (Fsp3) is 0.643. The SMILES string of the molecule is CNC(Cc1cncc(Br)c1)C1CCC(C)C1. The van der Waals surface area contributed by atoms with Gasteiger partial charge in [-0.1, -0.05) is 13.3 Å². The number of hydrogen-bond acceptors (Lipinski definition) is 2. The molecule has 0 spiro atoms. The van der Waals surface area contributed by atoms with E-state index in [1.807, 2.05) is 12.4 Å². The van der Waals surface area contributed by atoms with Crippen molar-refractivity contribution in [3.63, 3.8) is 0 Å². The highest BCUT2D eigenvalue weighted by Crippen LogP contribution is 2.33. The minimum Gasteiger partial charge on any atom is -0.316 e. The number of halogens is 1. The maximum atomic E-state index is 4.24. The van der Waals surface area contributed by atoms with Crippen molar-refractivity contribution >= 4 is 15.9 Å². The Bertz CT molecular complexity index is 367. The highest BCUT2D eigenvalue weighted by atomic mass is 79.9. The van der Waals surface area contributed by atoms with Crippen LogP contribution in [0.2, 0.25) is 0 Å². The number of rotatable bonds is 4. The first-order valence-corrected chi connectivity index (χ1v) is 7.25. The molecule has 1 aliphatic carbocycles. The zero-order chi connectivity index (χ0) is 12.3. The number of likely N-dealkylation sites (N-methyl/N-ethyl adjacent to an activating group) is 1. The van der Waals surface area contributed by atoms with Gasteiger partial charge in [0, 0.05) is 22.9 Å². The molecule has 2 nitrogen and oxygen atoms in total. The van der Waals surface area contributed by atoms with Gasteiger partial charge in [0.1, 0.15) is 0 Å². The molecule has 0 aliphatic heterocycles. The molecule has 1 aliphatic rings. The number of nitrogens with zero attached hydrogens (tertiary/aromatic N) is 1. The summed E-state index contributed by atoms with van der Waals surface area (Å²) in [5, 5.41) is 3.49. The van der Waals surface area contributed by atoms with Crippen LogP contribution in [0.3, 0.4) is 0 Å². The first-order valence-electron chi connectivity index (χ1n) is 6.45. The summed E-state index contributed by atoms with van der Waals surface area (Å²) in [6.45, 7) is 2.37. The molecule has 1 saturated carbocycles. The maximum Gasteiger partial charge on any atom is 0.0410 e. The smallest absolute Gasteiger partial charge is 0.0410 e. The summed E-state index contributed by atoms with van der Waals surface area (Å²) in [4.78, 5) is 4.24. The Hall–Kier alpha value is -0.410. The largest absolute Gasteiger partial charge is 0.316 e. The van der Waals surface area contributed by atoms with E-state index in [1.54, 1.807) is 0 Å². The molecule has 17 heavy (non-hydrogen) atoms. The van der Waals surface area contributed by atoms with Crippen LogP contribution in [0.15, 0.2) is 22.9 Å². The summed E-state index contributed by atoms with van der Waals surface area (Å²) < 4.78 is 1.07. The standard InChI is InChI=1S/C14H21BrN2/c1-10-3-4-12(5-10)14(16-2)7-11-6-13(15)9-17-8-11/h6,8-10,12,14,16H,3-5,7H2,1-2H3. The first-order chi connectivity index (χ1) is 8.19. The number of pyridine rings is 1. The lowest BCUT2D eigenvalue weighted by molar-refractivity contribution is 0.367. The van der Waals surface area contributed by atoms with E-state index < -0.39 is 0 Å². The van der Waals surface area contributed by atoms with Crippen LogP contribution in [0.25, 0.3) is 0 Å². The third kappa shape index (κ3) is 3.52. The number of hydrogen-bond donors (Lipinski definition) is 1. The molecule has 0 bridgehead atoms. The van der Waals surface area contributed by atoms with E-state index in [4.69, 9.17) is 0 Å². The van der Waals surface area contributed by atoms with Crippen LogP contribution in [0, 0.1) is 11.8 Å². The second-order valence-corrected chi connectivity index (χ2v) is 6.20. The summed E-state index contributed by atoms with van der Waals surface area (Å²) in [7, 11) is 2.08. The van der Waals surface area contributed by atoms with E-state index in [2.05, 4.69) is 46.3 Å². The Morgan fingerprint density at radius 2 is 2.29 bits per heavy atom. The van der Waals surface area contributed by atoms with Crippen molar-refractivity contribution in [1.29, 1.82) is 0 Å². The van der Waals surface area contributed by atoms with E-state index in [-0.39, 0.29) is 0 Å². The molecular weight excluding hydrogens is 276 g/mol. The van der Waals surface area contributed by atoms with E-state index in [1.165, 1.54) is 24.8 Å². The normalized spacial score (nSPS) is 26.1. The summed E-state index contributed by atoms with van der Waals surface area (Å²) in [5.74, 6) is 1.73. The Balaban J connectivity index is 2.00. The maximum absolute atomic E-state index is 4.24. The average molecular weight is 297 g/mol. The molecule has 0 amide bonds. The molecule has 0 radical (unpaired) electrons. The minimum absolute atomic E-state index is 0.594. The van der Waals surface area contributed by atoms with Gasteiger partial charge in [-0.3, -0.25) is 4.98 Å². The van der Waals surface area contributed by atoms with Crippen LogP contribution in [-0.4, -0.2) is 18.1 Å². The second-order valence-electron chi connectivity index (χ2n) is 5.29. The Morgan fingerprint density at radius 3 is 2.88 bits per heavy atom. The van der Waals surface area contributed by atoms with Crippen molar-refractivity contribution in [2.24, 2.45) is 11.8 Å². The third-order valence-electron chi connectivity index (χ3n) is 3.89. The van der Waals surface area contributed by atoms with Crippen LogP contribution in [0.4, 0.5) is 0 Å². The highest BCUT2D eigenvalue weighted by molar-refractivity contribution is 9.10. The molecule has 1 aromatic rings. The molecule has 3 atom stereocenters. The molecule has 0 saturated heterocycles. The lowest BCUT2D eigenvalue weighted by Gasteiger charge is -2.23. The van der Waals surface area contributed by atoms with Crippen molar-refractivity contribution in [3.8, 4) is 0 Å². The predicted molar refractivity (Wildman–Crippen MR) is 75.0 cm³/mol. The topological polar surface area (TPSA) is 24.9 Å². The Labute approximate surface area is 112 Å². The molecule has 0 aromatic carbocycles. The number of nitrogens with one attached hydrogen (secondary N) is 1. The summed E-state index contributed by atoms with van der Waals surface area (Å²) >= 11 is 3.48. The Morgan fingerprint density at radius 1 is 1.47 bits per heavy atom. The Kier molecular flexibility index (Phi) is 4.57. The second kappa shape index (κ2) is 5.96. The van der Waals surface area contributed by atoms with Gasteiger partial charge in [-0.25, -0.2) is 0 Å². The quantitative estimate of drug-likeness (QED) is 0.921. The van der Waals surface area contributed by atoms with E-state index >= 15 is 0 Å². The van der Waals surface area contributed by atoms with Gasteiger partial charge in [0.25, 0.3) is 0 Å². The third-order valence-corrected chi connectivity index (χ3v) is 4.33. The monoisotopic (exact) mass is 296 g/mol. The van der Waals surface area contributed by atoms with Gasteiger partial charge in [-0.05, 0) is 65.7 Å². The van der Waals surface area contributed by atoms with E-state index in [0.717, 1.165) is 22.7 Å². The van der Waals surface area contributed by atoms with Gasteiger partial charge in [0.2, 0.25) is 0 Å². The summed E-state index contributed by atoms with van der Waals surface area (Å²) in [6.07, 6.45) is 9.03. The molecular formula is C14H21BrN2. The van der Waals surface area contributed by atoms with E-state index in [0.29, 0.717) is 6.04 Å². The van der Waals surface area contributed by atoms with Crippen LogP contribution in [0.1, 0.15) is 31.7 Å². The molecule has 94 valence electrons. The highest BCUT2D eigenvalue weighted by Gasteiger charge is 2.27. The molecule has 1 N–H and O–H groups in total. The summed E-state index contributed by atoms with van der Waals surface area (Å²) in [5.41, 5.74) is 1.32. The van der Waals surface area contributed by atoms with Gasteiger partial charge < -0.3 is 5.32 Å². The van der Waals surface area contributed by atoms with Crippen LogP contribution in [-0.2, 0) is 6.42 Å². The summed E-state index contributed by atoms with van der Waals surface area (Å²) in [6, 6.07) is 2.77. The van der Waals surface area contributed by atoms with Crippen molar-refractivity contribution < 1.29 is 0 Å². The van der Waals surface area contributed by atoms with Crippen molar-refractivity contribution in [2.45, 2.75) is 38.6 Å². The van der Waals surface area contributed by atoms with Gasteiger partial charge in [0.05, 0.1) is 0 Å². The molecule has 3 heteroatoms. The van der Waals surface area contributed by atoms with Crippen LogP contribution < -0.4 is 5.32 Å². The van der Waals surface area contributed by atoms with Gasteiger partial charge in [-0.15, -0.1) is 0 Å². The van der Waals surface area contributed by atoms with Gasteiger partial charge in [-0.2, -0.15) is 0 Å². The zero-order valence-corrected chi connectivity index (χ0v) is 12.2. The zero-order valence-electron chi connectivity index (χ0n) is 10.6. The fourth-order valence-electron chi connectivity index (χ4n) is 2.94. The molecule has 1 aromatic heterocycles. The van der Waals surface area contributed by atoms with Crippen molar-refractivity contribution in [3.05, 3.63) is 28.5 Å². The average Bonchev–Trinajstić information content (AvgIpc) is 2.73. The van der Waals surface area contributed by atoms with Crippen molar-refractivity contribution in [2.75, 3.05) is 7.05 Å². The number of aromatic nitrogens is 1. The van der Waals surface area contributed by atoms with Crippen LogP contribution >= 0.6 is 15.9 Å². The first kappa shape index (κ1) is 13.0. The fourth-order valence-corrected chi connectivity index (χ4v) is 3.35. The van der Waals surface area contributed by atoms with E-state index in [9.17, 15) is 0 Å². The van der Waals surface area contributed by atoms with Gasteiger partial charge >= 0.3 is 0 Å². The molecule has 1 heterocycles. The van der Waals surface area contributed by atoms with Crippen molar-refractivity contribution in [1.82, 2.24) is 10.3 Å². The van der Waals surface area contributed by atoms with Crippen LogP contribution in [0.5, 0.6) is 0 Å². The minimum atomic E-state index is 0.594. The van der Waals surface area contributed by atoms with Gasteiger partial charge in [0.15, 0.2) is 0 Å².